The Morgan fingerprint density at radius 2 is 2.32 bits per heavy atom. The zero-order chi connectivity index (χ0) is 13.6. The number of nitrogens with zero attached hydrogens (tertiary/aromatic N) is 3. The van der Waals surface area contributed by atoms with Gasteiger partial charge in [-0.25, -0.2) is 4.98 Å². The fourth-order valence-electron chi connectivity index (χ4n) is 3.48. The minimum atomic E-state index is -0.364. The summed E-state index contributed by atoms with van der Waals surface area (Å²) in [7, 11) is 0. The van der Waals surface area contributed by atoms with Gasteiger partial charge in [-0.2, -0.15) is 0 Å². The van der Waals surface area contributed by atoms with E-state index in [-0.39, 0.29) is 16.1 Å². The lowest BCUT2D eigenvalue weighted by Crippen LogP contribution is -2.45. The lowest BCUT2D eigenvalue weighted by atomic mass is 9.85. The highest BCUT2D eigenvalue weighted by molar-refractivity contribution is 5.50. The molecule has 2 aliphatic heterocycles. The summed E-state index contributed by atoms with van der Waals surface area (Å²) in [5, 5.41) is 14.3. The highest BCUT2D eigenvalue weighted by Gasteiger charge is 2.50. The van der Waals surface area contributed by atoms with Gasteiger partial charge in [-0.15, -0.1) is 0 Å². The van der Waals surface area contributed by atoms with Gasteiger partial charge >= 0.3 is 0 Å². The SMILES string of the molecule is CC1(C)C2CNCC2CN1c1cc([N+](=O)[O-])ccn1. The first-order chi connectivity index (χ1) is 9.00. The summed E-state index contributed by atoms with van der Waals surface area (Å²) in [5.41, 5.74) is 0.0899. The molecule has 102 valence electrons. The summed E-state index contributed by atoms with van der Waals surface area (Å²) < 4.78 is 0. The molecule has 0 saturated carbocycles. The Hall–Kier alpha value is -1.69. The van der Waals surface area contributed by atoms with Crippen LogP contribution in [0.5, 0.6) is 0 Å². The van der Waals surface area contributed by atoms with E-state index < -0.39 is 0 Å². The monoisotopic (exact) mass is 262 g/mol. The predicted octanol–water partition coefficient (Wildman–Crippen LogP) is 1.42. The van der Waals surface area contributed by atoms with Crippen LogP contribution in [0.2, 0.25) is 0 Å². The number of anilines is 1. The fraction of sp³-hybridized carbons (Fsp3) is 0.615. The van der Waals surface area contributed by atoms with Crippen LogP contribution < -0.4 is 10.2 Å². The van der Waals surface area contributed by atoms with Gasteiger partial charge in [0.2, 0.25) is 0 Å². The van der Waals surface area contributed by atoms with Gasteiger partial charge in [0.05, 0.1) is 11.0 Å². The van der Waals surface area contributed by atoms with Crippen LogP contribution in [0, 0.1) is 22.0 Å². The van der Waals surface area contributed by atoms with Gasteiger partial charge in [0, 0.05) is 37.4 Å². The van der Waals surface area contributed by atoms with Crippen LogP contribution in [0.25, 0.3) is 0 Å². The summed E-state index contributed by atoms with van der Waals surface area (Å²) in [6.45, 7) is 7.36. The molecule has 6 nitrogen and oxygen atoms in total. The zero-order valence-electron chi connectivity index (χ0n) is 11.2. The zero-order valence-corrected chi connectivity index (χ0v) is 11.2. The van der Waals surface area contributed by atoms with E-state index >= 15 is 0 Å². The third-order valence-corrected chi connectivity index (χ3v) is 4.58. The first-order valence-electron chi connectivity index (χ1n) is 6.59. The maximum atomic E-state index is 10.9. The van der Waals surface area contributed by atoms with E-state index in [1.165, 1.54) is 12.3 Å². The molecule has 0 amide bonds. The lowest BCUT2D eigenvalue weighted by molar-refractivity contribution is -0.384. The van der Waals surface area contributed by atoms with Crippen molar-refractivity contribution >= 4 is 11.5 Å². The van der Waals surface area contributed by atoms with E-state index in [1.54, 1.807) is 6.07 Å². The molecule has 0 spiro atoms. The van der Waals surface area contributed by atoms with E-state index in [0.717, 1.165) is 19.6 Å². The Bertz CT molecular complexity index is 517. The number of fused-ring (bicyclic) bond motifs is 1. The van der Waals surface area contributed by atoms with Crippen molar-refractivity contribution in [3.8, 4) is 0 Å². The van der Waals surface area contributed by atoms with Crippen molar-refractivity contribution in [3.05, 3.63) is 28.4 Å². The number of rotatable bonds is 2. The quantitative estimate of drug-likeness (QED) is 0.644. The van der Waals surface area contributed by atoms with Crippen LogP contribution in [-0.2, 0) is 0 Å². The van der Waals surface area contributed by atoms with Crippen molar-refractivity contribution in [1.82, 2.24) is 10.3 Å². The molecule has 2 fully saturated rings. The molecule has 2 aliphatic rings. The summed E-state index contributed by atoms with van der Waals surface area (Å²) in [5.74, 6) is 1.90. The minimum Gasteiger partial charge on any atom is -0.351 e. The second-order valence-electron chi connectivity index (χ2n) is 5.92. The average Bonchev–Trinajstić information content (AvgIpc) is 2.92. The molecule has 6 heteroatoms. The van der Waals surface area contributed by atoms with Crippen LogP contribution in [-0.4, -0.2) is 35.1 Å². The van der Waals surface area contributed by atoms with Gasteiger partial charge in [-0.05, 0) is 25.7 Å². The lowest BCUT2D eigenvalue weighted by Gasteiger charge is -2.36. The minimum absolute atomic E-state index is 0.0175. The third-order valence-electron chi connectivity index (χ3n) is 4.58. The topological polar surface area (TPSA) is 71.3 Å². The number of nitrogens with one attached hydrogen (secondary N) is 1. The van der Waals surface area contributed by atoms with E-state index in [1.807, 2.05) is 0 Å². The van der Waals surface area contributed by atoms with Crippen LogP contribution >= 0.6 is 0 Å². The van der Waals surface area contributed by atoms with Gasteiger partial charge in [-0.1, -0.05) is 0 Å². The van der Waals surface area contributed by atoms with Crippen molar-refractivity contribution in [1.29, 1.82) is 0 Å². The largest absolute Gasteiger partial charge is 0.351 e. The molecule has 2 unspecified atom stereocenters. The normalized spacial score (nSPS) is 28.4. The molecular weight excluding hydrogens is 244 g/mol. The molecule has 2 saturated heterocycles. The van der Waals surface area contributed by atoms with E-state index in [2.05, 4.69) is 29.0 Å². The summed E-state index contributed by atoms with van der Waals surface area (Å²) in [4.78, 5) is 17.1. The summed E-state index contributed by atoms with van der Waals surface area (Å²) >= 11 is 0. The van der Waals surface area contributed by atoms with Gasteiger partial charge in [0.1, 0.15) is 5.82 Å². The van der Waals surface area contributed by atoms with E-state index in [4.69, 9.17) is 0 Å². The highest BCUT2D eigenvalue weighted by atomic mass is 16.6. The van der Waals surface area contributed by atoms with Crippen molar-refractivity contribution in [2.45, 2.75) is 19.4 Å². The Balaban J connectivity index is 1.94. The van der Waals surface area contributed by atoms with Crippen LogP contribution in [0.4, 0.5) is 11.5 Å². The van der Waals surface area contributed by atoms with Gasteiger partial charge < -0.3 is 10.2 Å². The number of nitro groups is 1. The Labute approximate surface area is 112 Å². The van der Waals surface area contributed by atoms with Gasteiger partial charge in [-0.3, -0.25) is 10.1 Å². The molecule has 1 N–H and O–H groups in total. The first kappa shape index (κ1) is 12.3. The van der Waals surface area contributed by atoms with Gasteiger partial charge in [0.15, 0.2) is 0 Å². The second kappa shape index (κ2) is 4.16. The molecule has 0 aromatic carbocycles. The molecule has 2 atom stereocenters. The highest BCUT2D eigenvalue weighted by Crippen LogP contribution is 2.42. The standard InChI is InChI=1S/C13H18N4O2/c1-13(2)11-7-14-6-9(11)8-16(13)12-5-10(17(18)19)3-4-15-12/h3-5,9,11,14H,6-8H2,1-2H3. The Morgan fingerprint density at radius 3 is 3.00 bits per heavy atom. The van der Waals surface area contributed by atoms with Crippen LogP contribution in [0.15, 0.2) is 18.3 Å². The number of aromatic nitrogens is 1. The van der Waals surface area contributed by atoms with Crippen molar-refractivity contribution in [2.75, 3.05) is 24.5 Å². The molecule has 3 heterocycles. The molecule has 0 radical (unpaired) electrons. The van der Waals surface area contributed by atoms with Gasteiger partial charge in [0.25, 0.3) is 5.69 Å². The molecule has 19 heavy (non-hydrogen) atoms. The first-order valence-corrected chi connectivity index (χ1v) is 6.59. The van der Waals surface area contributed by atoms with Crippen molar-refractivity contribution in [3.63, 3.8) is 0 Å². The molecule has 1 aromatic rings. The number of pyridine rings is 1. The van der Waals surface area contributed by atoms with Crippen LogP contribution in [0.3, 0.4) is 0 Å². The van der Waals surface area contributed by atoms with E-state index in [0.29, 0.717) is 17.7 Å². The van der Waals surface area contributed by atoms with Crippen molar-refractivity contribution in [2.24, 2.45) is 11.8 Å². The Morgan fingerprint density at radius 1 is 1.53 bits per heavy atom. The maximum absolute atomic E-state index is 10.9. The summed E-state index contributed by atoms with van der Waals surface area (Å²) in [6.07, 6.45) is 1.52. The molecular formula is C13H18N4O2. The molecule has 0 aliphatic carbocycles. The third kappa shape index (κ3) is 1.87. The van der Waals surface area contributed by atoms with E-state index in [9.17, 15) is 10.1 Å². The smallest absolute Gasteiger partial charge is 0.274 e. The van der Waals surface area contributed by atoms with Crippen molar-refractivity contribution < 1.29 is 4.92 Å². The number of hydrogen-bond donors (Lipinski definition) is 1. The fourth-order valence-corrected chi connectivity index (χ4v) is 3.48. The predicted molar refractivity (Wildman–Crippen MR) is 72.2 cm³/mol. The molecule has 1 aromatic heterocycles. The summed E-state index contributed by atoms with van der Waals surface area (Å²) in [6, 6.07) is 3.02. The molecule has 0 bridgehead atoms. The number of hydrogen-bond acceptors (Lipinski definition) is 5. The second-order valence-corrected chi connectivity index (χ2v) is 5.92. The average molecular weight is 262 g/mol. The van der Waals surface area contributed by atoms with Crippen LogP contribution in [0.1, 0.15) is 13.8 Å². The maximum Gasteiger partial charge on any atom is 0.274 e. The molecule has 3 rings (SSSR count). The Kier molecular flexibility index (Phi) is 2.70.